The molecule has 0 unspecified atom stereocenters. The molecule has 0 bridgehead atoms. The van der Waals surface area contributed by atoms with Crippen LogP contribution in [0.2, 0.25) is 5.02 Å². The summed E-state index contributed by atoms with van der Waals surface area (Å²) in [4.78, 5) is 12.1. The Morgan fingerprint density at radius 1 is 1.15 bits per heavy atom. The Kier molecular flexibility index (Phi) is 5.64. The van der Waals surface area contributed by atoms with Crippen LogP contribution in [0.1, 0.15) is 15.9 Å². The minimum Gasteiger partial charge on any atom is -0.322 e. The lowest BCUT2D eigenvalue weighted by Crippen LogP contribution is -2.11. The maximum absolute atomic E-state index is 12.1. The van der Waals surface area contributed by atoms with E-state index in [0.717, 1.165) is 17.4 Å². The average Bonchev–Trinajstić information content (AvgIpc) is 2.44. The topological polar surface area (TPSA) is 29.1 Å². The van der Waals surface area contributed by atoms with Gasteiger partial charge in [0.15, 0.2) is 0 Å². The van der Waals surface area contributed by atoms with Gasteiger partial charge in [0, 0.05) is 21.1 Å². The van der Waals surface area contributed by atoms with Gasteiger partial charge < -0.3 is 5.32 Å². The van der Waals surface area contributed by atoms with Crippen molar-refractivity contribution in [2.45, 2.75) is 6.42 Å². The molecule has 1 N–H and O–H groups in total. The van der Waals surface area contributed by atoms with Crippen molar-refractivity contribution in [1.29, 1.82) is 0 Å². The number of carbonyl (C=O) groups excluding carboxylic acids is 1. The molecule has 0 saturated heterocycles. The van der Waals surface area contributed by atoms with E-state index in [2.05, 4.69) is 37.2 Å². The van der Waals surface area contributed by atoms with Gasteiger partial charge in [-0.3, -0.25) is 4.79 Å². The highest BCUT2D eigenvalue weighted by Gasteiger charge is 2.08. The van der Waals surface area contributed by atoms with Crippen molar-refractivity contribution in [2.24, 2.45) is 0 Å². The fourth-order valence-corrected chi connectivity index (χ4v) is 2.66. The third kappa shape index (κ3) is 4.08. The molecule has 0 saturated carbocycles. The number of hydrogen-bond acceptors (Lipinski definition) is 1. The van der Waals surface area contributed by atoms with Crippen molar-refractivity contribution in [1.82, 2.24) is 0 Å². The van der Waals surface area contributed by atoms with Gasteiger partial charge in [0.1, 0.15) is 0 Å². The predicted molar refractivity (Wildman–Crippen MR) is 91.0 cm³/mol. The summed E-state index contributed by atoms with van der Waals surface area (Å²) in [6, 6.07) is 12.9. The van der Waals surface area contributed by atoms with E-state index >= 15 is 0 Å². The largest absolute Gasteiger partial charge is 0.322 e. The molecule has 0 heterocycles. The fourth-order valence-electron chi connectivity index (χ4n) is 1.70. The third-order valence-corrected chi connectivity index (χ3v) is 4.39. The van der Waals surface area contributed by atoms with E-state index in [1.54, 1.807) is 18.2 Å². The Bertz CT molecular complexity index is 614. The Hall–Kier alpha value is -0.840. The summed E-state index contributed by atoms with van der Waals surface area (Å²) in [5.74, 6) is -0.157. The van der Waals surface area contributed by atoms with E-state index < -0.39 is 0 Å². The van der Waals surface area contributed by atoms with Crippen molar-refractivity contribution in [2.75, 3.05) is 10.6 Å². The quantitative estimate of drug-likeness (QED) is 0.673. The molecule has 0 radical (unpaired) electrons. The molecule has 0 aromatic heterocycles. The summed E-state index contributed by atoms with van der Waals surface area (Å²) >= 11 is 12.6. The van der Waals surface area contributed by atoms with Crippen LogP contribution in [0.25, 0.3) is 0 Å². The maximum Gasteiger partial charge on any atom is 0.255 e. The van der Waals surface area contributed by atoms with E-state index in [4.69, 9.17) is 11.6 Å². The van der Waals surface area contributed by atoms with Crippen LogP contribution in [0.5, 0.6) is 0 Å². The number of aryl methyl sites for hydroxylation is 1. The number of alkyl halides is 1. The summed E-state index contributed by atoms with van der Waals surface area (Å²) in [5.41, 5.74) is 2.57. The molecule has 2 nitrogen and oxygen atoms in total. The van der Waals surface area contributed by atoms with Crippen LogP contribution < -0.4 is 5.32 Å². The smallest absolute Gasteiger partial charge is 0.255 e. The highest BCUT2D eigenvalue weighted by atomic mass is 79.9. The number of amides is 1. The molecule has 2 rings (SSSR count). The monoisotopic (exact) mass is 415 g/mol. The number of anilines is 1. The van der Waals surface area contributed by atoms with Crippen LogP contribution in [0.3, 0.4) is 0 Å². The van der Waals surface area contributed by atoms with Crippen molar-refractivity contribution in [3.05, 3.63) is 63.1 Å². The first-order valence-electron chi connectivity index (χ1n) is 6.01. The second-order valence-electron chi connectivity index (χ2n) is 4.22. The molecule has 5 heteroatoms. The van der Waals surface area contributed by atoms with Crippen LogP contribution in [-0.4, -0.2) is 11.2 Å². The molecule has 0 aliphatic carbocycles. The molecule has 0 aliphatic rings. The first-order chi connectivity index (χ1) is 9.60. The molecule has 0 aliphatic heterocycles. The van der Waals surface area contributed by atoms with E-state index in [-0.39, 0.29) is 5.91 Å². The first kappa shape index (κ1) is 15.5. The molecule has 0 fully saturated rings. The van der Waals surface area contributed by atoms with E-state index in [1.165, 1.54) is 5.56 Å². The second-order valence-corrected chi connectivity index (χ2v) is 6.27. The lowest BCUT2D eigenvalue weighted by atomic mass is 10.1. The minimum absolute atomic E-state index is 0.157. The third-order valence-electron chi connectivity index (χ3n) is 2.78. The van der Waals surface area contributed by atoms with E-state index in [1.807, 2.05) is 24.3 Å². The van der Waals surface area contributed by atoms with Crippen LogP contribution in [0.4, 0.5) is 5.69 Å². The van der Waals surface area contributed by atoms with Crippen LogP contribution >= 0.6 is 43.5 Å². The van der Waals surface area contributed by atoms with Crippen LogP contribution in [0.15, 0.2) is 46.9 Å². The Labute approximate surface area is 139 Å². The molecule has 2 aromatic rings. The maximum atomic E-state index is 12.1. The minimum atomic E-state index is -0.157. The first-order valence-corrected chi connectivity index (χ1v) is 8.30. The molecule has 0 spiro atoms. The normalized spacial score (nSPS) is 10.3. The number of nitrogens with one attached hydrogen (secondary N) is 1. The molecule has 1 amide bonds. The summed E-state index contributed by atoms with van der Waals surface area (Å²) in [7, 11) is 0. The summed E-state index contributed by atoms with van der Waals surface area (Å²) in [6.45, 7) is 0. The molecule has 104 valence electrons. The van der Waals surface area contributed by atoms with Crippen molar-refractivity contribution in [3.8, 4) is 0 Å². The van der Waals surface area contributed by atoms with Gasteiger partial charge >= 0.3 is 0 Å². The van der Waals surface area contributed by atoms with Crippen LogP contribution in [0, 0.1) is 0 Å². The average molecular weight is 418 g/mol. The van der Waals surface area contributed by atoms with Gasteiger partial charge in [-0.1, -0.05) is 39.7 Å². The van der Waals surface area contributed by atoms with Gasteiger partial charge in [-0.15, -0.1) is 0 Å². The predicted octanol–water partition coefficient (Wildman–Crippen LogP) is 5.29. The lowest BCUT2D eigenvalue weighted by molar-refractivity contribution is 0.102. The van der Waals surface area contributed by atoms with E-state index in [0.29, 0.717) is 15.1 Å². The van der Waals surface area contributed by atoms with Crippen molar-refractivity contribution in [3.63, 3.8) is 0 Å². The molecular weight excluding hydrogens is 405 g/mol. The Balaban J connectivity index is 2.08. The summed E-state index contributed by atoms with van der Waals surface area (Å²) in [5, 5.41) is 4.37. The fraction of sp³-hybridized carbons (Fsp3) is 0.133. The number of halogens is 3. The van der Waals surface area contributed by atoms with Crippen molar-refractivity contribution >= 4 is 55.1 Å². The SMILES string of the molecule is O=C(Nc1ccc(CCBr)cc1)c1ccc(Cl)c(Br)c1. The zero-order valence-corrected chi connectivity index (χ0v) is 14.4. The van der Waals surface area contributed by atoms with Gasteiger partial charge in [-0.25, -0.2) is 0 Å². The molecule has 0 atom stereocenters. The Morgan fingerprint density at radius 2 is 1.85 bits per heavy atom. The molecule has 20 heavy (non-hydrogen) atoms. The van der Waals surface area contributed by atoms with Gasteiger partial charge in [-0.2, -0.15) is 0 Å². The highest BCUT2D eigenvalue weighted by Crippen LogP contribution is 2.23. The van der Waals surface area contributed by atoms with Gasteiger partial charge in [0.25, 0.3) is 5.91 Å². The standard InChI is InChI=1S/C15H12Br2ClNO/c16-8-7-10-1-4-12(5-2-10)19-15(20)11-3-6-14(18)13(17)9-11/h1-6,9H,7-8H2,(H,19,20). The molecular formula is C15H12Br2ClNO. The van der Waals surface area contributed by atoms with Gasteiger partial charge in [-0.05, 0) is 58.2 Å². The number of rotatable bonds is 4. The van der Waals surface area contributed by atoms with Gasteiger partial charge in [0.05, 0.1) is 5.02 Å². The summed E-state index contributed by atoms with van der Waals surface area (Å²) in [6.07, 6.45) is 0.971. The second kappa shape index (κ2) is 7.25. The van der Waals surface area contributed by atoms with Crippen LogP contribution in [-0.2, 0) is 6.42 Å². The van der Waals surface area contributed by atoms with Crippen molar-refractivity contribution < 1.29 is 4.79 Å². The van der Waals surface area contributed by atoms with E-state index in [9.17, 15) is 4.79 Å². The lowest BCUT2D eigenvalue weighted by Gasteiger charge is -2.07. The Morgan fingerprint density at radius 3 is 2.45 bits per heavy atom. The summed E-state index contributed by atoms with van der Waals surface area (Å²) < 4.78 is 0.708. The molecule has 2 aromatic carbocycles. The van der Waals surface area contributed by atoms with Gasteiger partial charge in [0.2, 0.25) is 0 Å². The highest BCUT2D eigenvalue weighted by molar-refractivity contribution is 9.10. The number of hydrogen-bond donors (Lipinski definition) is 1. The zero-order valence-electron chi connectivity index (χ0n) is 10.5. The number of benzene rings is 2. The number of carbonyl (C=O) groups is 1. The zero-order chi connectivity index (χ0) is 14.5.